The lowest BCUT2D eigenvalue weighted by Crippen LogP contribution is -1.93. The number of aryl methyl sites for hydroxylation is 2. The van der Waals surface area contributed by atoms with Crippen LogP contribution in [0, 0.1) is 12.8 Å². The second-order valence-corrected chi connectivity index (χ2v) is 6.81. The van der Waals surface area contributed by atoms with E-state index in [0.29, 0.717) is 0 Å². The average molecular weight is 429 g/mol. The van der Waals surface area contributed by atoms with Gasteiger partial charge in [-0.1, -0.05) is 132 Å². The molecule has 0 aliphatic carbocycles. The molecule has 0 saturated carbocycles. The largest absolute Gasteiger partial charge is 0.0683 e. The van der Waals surface area contributed by atoms with Crippen LogP contribution >= 0.6 is 0 Å². The number of hydrogen-bond donors (Lipinski definition) is 0. The van der Waals surface area contributed by atoms with Gasteiger partial charge in [-0.05, 0) is 66.5 Å². The van der Waals surface area contributed by atoms with Crippen LogP contribution in [0.15, 0.2) is 48.5 Å². The highest BCUT2D eigenvalue weighted by atomic mass is 14.1. The minimum Gasteiger partial charge on any atom is -0.0683 e. The van der Waals surface area contributed by atoms with E-state index in [0.717, 1.165) is 12.3 Å². The summed E-state index contributed by atoms with van der Waals surface area (Å²) in [5, 5.41) is 0. The maximum Gasteiger partial charge on any atom is -0.0192 e. The van der Waals surface area contributed by atoms with Gasteiger partial charge in [0.1, 0.15) is 0 Å². The molecule has 0 N–H and O–H groups in total. The first kappa shape index (κ1) is 36.5. The monoisotopic (exact) mass is 428 g/mol. The lowest BCUT2D eigenvalue weighted by Gasteiger charge is -2.14. The van der Waals surface area contributed by atoms with Gasteiger partial charge < -0.3 is 0 Å². The molecule has 31 heavy (non-hydrogen) atoms. The summed E-state index contributed by atoms with van der Waals surface area (Å²) in [5.41, 5.74) is 8.25. The Morgan fingerprint density at radius 2 is 0.935 bits per heavy atom. The summed E-state index contributed by atoms with van der Waals surface area (Å²) in [6, 6.07) is 17.3. The predicted octanol–water partition coefficient (Wildman–Crippen LogP) is 11.3. The van der Waals surface area contributed by atoms with Crippen LogP contribution in [0.25, 0.3) is 11.1 Å². The molecule has 0 heteroatoms. The number of hydrogen-bond acceptors (Lipinski definition) is 0. The van der Waals surface area contributed by atoms with Crippen molar-refractivity contribution in [2.45, 2.75) is 110 Å². The molecule has 0 nitrogen and oxygen atoms in total. The molecule has 0 bridgehead atoms. The predicted molar refractivity (Wildman–Crippen MR) is 151 cm³/mol. The lowest BCUT2D eigenvalue weighted by molar-refractivity contribution is 0.737. The number of rotatable bonds is 3. The summed E-state index contributed by atoms with van der Waals surface area (Å²) in [6.45, 7) is 31.4. The normalized spacial score (nSPS) is 9.42. The molecule has 2 aromatic rings. The summed E-state index contributed by atoms with van der Waals surface area (Å²) < 4.78 is 0. The third kappa shape index (κ3) is 16.5. The van der Waals surface area contributed by atoms with Crippen LogP contribution in [0.3, 0.4) is 0 Å². The van der Waals surface area contributed by atoms with E-state index < -0.39 is 0 Å². The Morgan fingerprint density at radius 1 is 0.613 bits per heavy atom. The fourth-order valence-electron chi connectivity index (χ4n) is 2.59. The van der Waals surface area contributed by atoms with E-state index in [1.54, 1.807) is 0 Å². The Bertz CT molecular complexity index is 642. The summed E-state index contributed by atoms with van der Waals surface area (Å²) in [7, 11) is 0. The first-order valence-electron chi connectivity index (χ1n) is 12.7. The van der Waals surface area contributed by atoms with E-state index in [1.165, 1.54) is 33.4 Å². The molecular weight excluding hydrogens is 372 g/mol. The maximum absolute atomic E-state index is 2.23. The summed E-state index contributed by atoms with van der Waals surface area (Å²) >= 11 is 0. The van der Waals surface area contributed by atoms with Crippen molar-refractivity contribution in [2.75, 3.05) is 0 Å². The Labute approximate surface area is 198 Å². The zero-order valence-electron chi connectivity index (χ0n) is 23.9. The summed E-state index contributed by atoms with van der Waals surface area (Å²) in [6.07, 6.45) is 1.08. The van der Waals surface area contributed by atoms with Crippen molar-refractivity contribution in [1.29, 1.82) is 0 Å². The zero-order valence-corrected chi connectivity index (χ0v) is 23.9. The summed E-state index contributed by atoms with van der Waals surface area (Å²) in [4.78, 5) is 0. The van der Waals surface area contributed by atoms with E-state index in [4.69, 9.17) is 0 Å². The Hall–Kier alpha value is -1.82. The van der Waals surface area contributed by atoms with Gasteiger partial charge in [-0.25, -0.2) is 0 Å². The van der Waals surface area contributed by atoms with Crippen LogP contribution in [-0.4, -0.2) is 0 Å². The molecular formula is C31H56. The van der Waals surface area contributed by atoms with E-state index in [9.17, 15) is 0 Å². The molecule has 0 amide bonds. The Morgan fingerprint density at radius 3 is 1.32 bits per heavy atom. The standard InChI is InChI=1S/C19H22.C4H10.4C2H6/c1-5-17-11-7-9-13-19(17)16(4)15(3)18-12-8-6-10-14(18)2;1-4(2)3;4*1-2/h6-13H,5H2,1-4H3;4H,1-3H3;4*1-2H3/b16-15-;;;;;. The smallest absolute Gasteiger partial charge is 0.0192 e. The van der Waals surface area contributed by atoms with E-state index >= 15 is 0 Å². The van der Waals surface area contributed by atoms with Gasteiger partial charge in [-0.3, -0.25) is 0 Å². The second-order valence-electron chi connectivity index (χ2n) is 6.81. The molecule has 0 radical (unpaired) electrons. The second kappa shape index (κ2) is 26.2. The number of allylic oxidation sites excluding steroid dienone is 2. The molecule has 0 spiro atoms. The van der Waals surface area contributed by atoms with Gasteiger partial charge in [-0.15, -0.1) is 0 Å². The first-order valence-corrected chi connectivity index (χ1v) is 12.7. The van der Waals surface area contributed by atoms with Crippen molar-refractivity contribution in [3.8, 4) is 0 Å². The van der Waals surface area contributed by atoms with E-state index in [2.05, 4.69) is 97.0 Å². The van der Waals surface area contributed by atoms with Gasteiger partial charge in [0.15, 0.2) is 0 Å². The van der Waals surface area contributed by atoms with Gasteiger partial charge >= 0.3 is 0 Å². The van der Waals surface area contributed by atoms with Crippen molar-refractivity contribution >= 4 is 11.1 Å². The summed E-state index contributed by atoms with van der Waals surface area (Å²) in [5.74, 6) is 0.833. The van der Waals surface area contributed by atoms with Gasteiger partial charge in [0.05, 0.1) is 0 Å². The van der Waals surface area contributed by atoms with Crippen molar-refractivity contribution < 1.29 is 0 Å². The molecule has 2 rings (SSSR count). The molecule has 0 aromatic heterocycles. The molecule has 0 unspecified atom stereocenters. The van der Waals surface area contributed by atoms with Crippen LogP contribution in [0.1, 0.15) is 119 Å². The van der Waals surface area contributed by atoms with Gasteiger partial charge in [0, 0.05) is 0 Å². The SMILES string of the molecule is CC.CC.CC.CC.CC(C)C.CCc1ccccc1/C(C)=C(/C)c1ccccc1C. The fourth-order valence-corrected chi connectivity index (χ4v) is 2.59. The third-order valence-corrected chi connectivity index (χ3v) is 3.91. The van der Waals surface area contributed by atoms with Gasteiger partial charge in [-0.2, -0.15) is 0 Å². The quantitative estimate of drug-likeness (QED) is 0.426. The van der Waals surface area contributed by atoms with Crippen LogP contribution in [0.2, 0.25) is 0 Å². The average Bonchev–Trinajstić information content (AvgIpc) is 2.83. The van der Waals surface area contributed by atoms with Crippen LogP contribution in [0.4, 0.5) is 0 Å². The van der Waals surface area contributed by atoms with Gasteiger partial charge in [0.25, 0.3) is 0 Å². The first-order chi connectivity index (χ1) is 14.9. The van der Waals surface area contributed by atoms with Crippen molar-refractivity contribution in [3.63, 3.8) is 0 Å². The highest BCUT2D eigenvalue weighted by molar-refractivity contribution is 5.90. The zero-order chi connectivity index (χ0) is 25.4. The van der Waals surface area contributed by atoms with Crippen molar-refractivity contribution in [2.24, 2.45) is 5.92 Å². The molecule has 0 atom stereocenters. The van der Waals surface area contributed by atoms with Crippen LogP contribution in [0.5, 0.6) is 0 Å². The highest BCUT2D eigenvalue weighted by Crippen LogP contribution is 2.29. The fraction of sp³-hybridized carbons (Fsp3) is 0.548. The topological polar surface area (TPSA) is 0 Å². The number of benzene rings is 2. The van der Waals surface area contributed by atoms with Crippen molar-refractivity contribution in [3.05, 3.63) is 70.8 Å². The highest BCUT2D eigenvalue weighted by Gasteiger charge is 2.08. The molecule has 0 fully saturated rings. The Balaban J connectivity index is -0.000000259. The molecule has 0 aliphatic heterocycles. The van der Waals surface area contributed by atoms with Crippen LogP contribution < -0.4 is 0 Å². The van der Waals surface area contributed by atoms with E-state index in [-0.39, 0.29) is 0 Å². The molecule has 0 saturated heterocycles. The third-order valence-electron chi connectivity index (χ3n) is 3.91. The Kier molecular flexibility index (Phi) is 30.9. The maximum atomic E-state index is 2.23. The van der Waals surface area contributed by atoms with Crippen molar-refractivity contribution in [1.82, 2.24) is 0 Å². The minimum atomic E-state index is 0.833. The molecule has 0 heterocycles. The van der Waals surface area contributed by atoms with E-state index in [1.807, 2.05) is 55.4 Å². The minimum absolute atomic E-state index is 0.833. The molecule has 0 aliphatic rings. The molecule has 180 valence electrons. The molecule has 2 aromatic carbocycles. The van der Waals surface area contributed by atoms with Crippen LogP contribution in [-0.2, 0) is 6.42 Å². The lowest BCUT2D eigenvalue weighted by atomic mass is 9.91. The van der Waals surface area contributed by atoms with Gasteiger partial charge in [0.2, 0.25) is 0 Å².